The fraction of sp³-hybridized carbons (Fsp3) is 0.0625. The Labute approximate surface area is 123 Å². The van der Waals surface area contributed by atoms with Crippen molar-refractivity contribution in [3.8, 4) is 11.1 Å². The van der Waals surface area contributed by atoms with Crippen LogP contribution in [0.25, 0.3) is 11.1 Å². The van der Waals surface area contributed by atoms with Crippen LogP contribution in [0.3, 0.4) is 0 Å². The van der Waals surface area contributed by atoms with E-state index in [0.29, 0.717) is 22.3 Å². The topological polar surface area (TPSA) is 89.9 Å². The molecule has 1 unspecified atom stereocenters. The van der Waals surface area contributed by atoms with Gasteiger partial charge in [-0.15, -0.1) is 0 Å². The van der Waals surface area contributed by atoms with Crippen LogP contribution in [0.15, 0.2) is 36.4 Å². The van der Waals surface area contributed by atoms with Crippen LogP contribution in [0.4, 0.5) is 0 Å². The molecule has 0 aliphatic carbocycles. The number of fused-ring (bicyclic) bond motifs is 2. The van der Waals surface area contributed by atoms with E-state index in [1.165, 1.54) is 6.07 Å². The Morgan fingerprint density at radius 1 is 0.773 bits per heavy atom. The predicted molar refractivity (Wildman–Crippen MR) is 72.0 cm³/mol. The first-order valence-corrected chi connectivity index (χ1v) is 6.48. The maximum Gasteiger partial charge on any atom is 0.346 e. The normalized spacial score (nSPS) is 18.8. The van der Waals surface area contributed by atoms with Crippen LogP contribution in [-0.4, -0.2) is 23.0 Å². The summed E-state index contributed by atoms with van der Waals surface area (Å²) in [5.41, 5.74) is 2.48. The molecule has 1 N–H and O–H groups in total. The largest absolute Gasteiger partial charge is 0.428 e. The van der Waals surface area contributed by atoms with Gasteiger partial charge in [0.05, 0.1) is 16.7 Å². The smallest absolute Gasteiger partial charge is 0.346 e. The van der Waals surface area contributed by atoms with Crippen LogP contribution in [0.5, 0.6) is 0 Å². The van der Waals surface area contributed by atoms with E-state index in [4.69, 9.17) is 4.74 Å². The molecule has 0 spiro atoms. The third kappa shape index (κ3) is 1.68. The molecule has 6 heteroatoms. The molecule has 0 radical (unpaired) electrons. The number of cyclic esters (lactones) is 3. The summed E-state index contributed by atoms with van der Waals surface area (Å²) in [6.45, 7) is 0. The zero-order chi connectivity index (χ0) is 15.4. The first-order chi connectivity index (χ1) is 10.5. The lowest BCUT2D eigenvalue weighted by Gasteiger charge is -2.06. The van der Waals surface area contributed by atoms with E-state index in [0.717, 1.165) is 0 Å². The van der Waals surface area contributed by atoms with Gasteiger partial charge < -0.3 is 14.6 Å². The Kier molecular flexibility index (Phi) is 2.46. The molecule has 6 nitrogen and oxygen atoms in total. The Morgan fingerprint density at radius 3 is 2.18 bits per heavy atom. The number of ether oxygens (including phenoxy) is 2. The molecule has 2 heterocycles. The van der Waals surface area contributed by atoms with E-state index in [-0.39, 0.29) is 11.1 Å². The van der Waals surface area contributed by atoms with Gasteiger partial charge in [0.2, 0.25) is 6.29 Å². The number of esters is 3. The molecule has 4 rings (SSSR count). The summed E-state index contributed by atoms with van der Waals surface area (Å²) in [6.07, 6.45) is -1.29. The van der Waals surface area contributed by atoms with Crippen molar-refractivity contribution in [1.29, 1.82) is 0 Å². The molecule has 22 heavy (non-hydrogen) atoms. The second-order valence-electron chi connectivity index (χ2n) is 5.00. The number of carbonyl (C=O) groups is 3. The minimum absolute atomic E-state index is 0.205. The maximum absolute atomic E-state index is 11.6. The molecule has 0 fully saturated rings. The molecule has 108 valence electrons. The first kappa shape index (κ1) is 12.7. The van der Waals surface area contributed by atoms with Gasteiger partial charge in [-0.1, -0.05) is 12.1 Å². The van der Waals surface area contributed by atoms with E-state index in [1.807, 2.05) is 0 Å². The molecular formula is C16H8O6. The number of benzene rings is 2. The number of rotatable bonds is 1. The lowest BCUT2D eigenvalue weighted by atomic mass is 9.97. The monoisotopic (exact) mass is 296 g/mol. The fourth-order valence-electron chi connectivity index (χ4n) is 2.63. The number of hydrogen-bond donors (Lipinski definition) is 1. The van der Waals surface area contributed by atoms with E-state index in [1.54, 1.807) is 30.3 Å². The first-order valence-electron chi connectivity index (χ1n) is 6.48. The van der Waals surface area contributed by atoms with Crippen LogP contribution in [0.2, 0.25) is 0 Å². The molecule has 2 aromatic carbocycles. The third-order valence-corrected chi connectivity index (χ3v) is 3.73. The van der Waals surface area contributed by atoms with E-state index < -0.39 is 24.2 Å². The number of hydrogen-bond acceptors (Lipinski definition) is 6. The lowest BCUT2D eigenvalue weighted by molar-refractivity contribution is -0.0547. The van der Waals surface area contributed by atoms with Gasteiger partial charge in [0.15, 0.2) is 0 Å². The Hall–Kier alpha value is -2.99. The Balaban J connectivity index is 1.83. The maximum atomic E-state index is 11.6. The zero-order valence-electron chi connectivity index (χ0n) is 11.0. The minimum Gasteiger partial charge on any atom is -0.428 e. The summed E-state index contributed by atoms with van der Waals surface area (Å²) in [4.78, 5) is 34.5. The highest BCUT2D eigenvalue weighted by Crippen LogP contribution is 2.33. The van der Waals surface area contributed by atoms with Gasteiger partial charge in [0.25, 0.3) is 0 Å². The van der Waals surface area contributed by atoms with E-state index >= 15 is 0 Å². The van der Waals surface area contributed by atoms with Gasteiger partial charge >= 0.3 is 17.9 Å². The highest BCUT2D eigenvalue weighted by Gasteiger charge is 2.31. The summed E-state index contributed by atoms with van der Waals surface area (Å²) >= 11 is 0. The second kappa shape index (κ2) is 4.25. The molecule has 0 aromatic heterocycles. The summed E-state index contributed by atoms with van der Waals surface area (Å²) in [5.74, 6) is -1.91. The van der Waals surface area contributed by atoms with Gasteiger partial charge in [0, 0.05) is 5.56 Å². The summed E-state index contributed by atoms with van der Waals surface area (Å²) in [5, 5.41) is 9.69. The summed E-state index contributed by atoms with van der Waals surface area (Å²) in [7, 11) is 0. The van der Waals surface area contributed by atoms with E-state index in [2.05, 4.69) is 4.74 Å². The van der Waals surface area contributed by atoms with Crippen molar-refractivity contribution in [2.24, 2.45) is 0 Å². The van der Waals surface area contributed by atoms with Gasteiger partial charge in [-0.25, -0.2) is 14.4 Å². The van der Waals surface area contributed by atoms with Gasteiger partial charge in [0.1, 0.15) is 0 Å². The zero-order valence-corrected chi connectivity index (χ0v) is 11.0. The molecule has 2 aliphatic rings. The van der Waals surface area contributed by atoms with Crippen LogP contribution in [-0.2, 0) is 9.47 Å². The van der Waals surface area contributed by atoms with Crippen molar-refractivity contribution < 1.29 is 29.0 Å². The highest BCUT2D eigenvalue weighted by molar-refractivity contribution is 6.15. The SMILES string of the molecule is O=C1OC(=O)c2cc(-c3ccc4c(c3)C(O)OC4=O)ccc21. The lowest BCUT2D eigenvalue weighted by Crippen LogP contribution is -1.96. The molecule has 2 aromatic rings. The van der Waals surface area contributed by atoms with Crippen LogP contribution in [0.1, 0.15) is 42.9 Å². The van der Waals surface area contributed by atoms with Crippen molar-refractivity contribution in [3.05, 3.63) is 58.7 Å². The number of aliphatic hydroxyl groups excluding tert-OH is 1. The quantitative estimate of drug-likeness (QED) is 0.637. The van der Waals surface area contributed by atoms with Gasteiger partial charge in [-0.05, 0) is 35.4 Å². The van der Waals surface area contributed by atoms with Crippen molar-refractivity contribution in [2.75, 3.05) is 0 Å². The molecule has 1 atom stereocenters. The molecule has 0 amide bonds. The second-order valence-corrected chi connectivity index (χ2v) is 5.00. The Morgan fingerprint density at radius 2 is 1.41 bits per heavy atom. The Bertz CT molecular complexity index is 867. The summed E-state index contributed by atoms with van der Waals surface area (Å²) in [6, 6.07) is 9.60. The molecule has 0 saturated heterocycles. The van der Waals surface area contributed by atoms with Crippen LogP contribution >= 0.6 is 0 Å². The highest BCUT2D eigenvalue weighted by atomic mass is 16.6. The van der Waals surface area contributed by atoms with Crippen LogP contribution < -0.4 is 0 Å². The number of carbonyl (C=O) groups excluding carboxylic acids is 3. The molecular weight excluding hydrogens is 288 g/mol. The van der Waals surface area contributed by atoms with Gasteiger partial charge in [-0.2, -0.15) is 0 Å². The predicted octanol–water partition coefficient (Wildman–Crippen LogP) is 1.83. The van der Waals surface area contributed by atoms with Crippen molar-refractivity contribution in [2.45, 2.75) is 6.29 Å². The van der Waals surface area contributed by atoms with Crippen LogP contribution in [0, 0.1) is 0 Å². The molecule has 0 saturated carbocycles. The van der Waals surface area contributed by atoms with Crippen molar-refractivity contribution in [1.82, 2.24) is 0 Å². The third-order valence-electron chi connectivity index (χ3n) is 3.73. The molecule has 0 bridgehead atoms. The standard InChI is InChI=1S/C16H8O6/c17-13-9-3-1-7(5-11(9)15(19)21-13)8-2-4-10-12(6-8)16(20)22-14(10)18/h1-6,15,19H. The minimum atomic E-state index is -1.29. The molecule has 2 aliphatic heterocycles. The van der Waals surface area contributed by atoms with E-state index in [9.17, 15) is 19.5 Å². The average molecular weight is 296 g/mol. The number of aliphatic hydroxyl groups is 1. The average Bonchev–Trinajstić information content (AvgIpc) is 2.96. The van der Waals surface area contributed by atoms with Crippen molar-refractivity contribution in [3.63, 3.8) is 0 Å². The van der Waals surface area contributed by atoms with Crippen molar-refractivity contribution >= 4 is 17.9 Å². The fourth-order valence-corrected chi connectivity index (χ4v) is 2.63. The summed E-state index contributed by atoms with van der Waals surface area (Å²) < 4.78 is 9.27. The van der Waals surface area contributed by atoms with Gasteiger partial charge in [-0.3, -0.25) is 0 Å².